The second kappa shape index (κ2) is 7.28. The molecule has 1 atom stereocenters. The van der Waals surface area contributed by atoms with Gasteiger partial charge < -0.3 is 10.1 Å². The van der Waals surface area contributed by atoms with Gasteiger partial charge in [-0.25, -0.2) is 0 Å². The molecular formula is C16H14N2O5. The molecule has 0 saturated heterocycles. The smallest absolute Gasteiger partial charge is 0.270 e. The normalized spacial score (nSPS) is 11.5. The van der Waals surface area contributed by atoms with E-state index in [9.17, 15) is 19.7 Å². The van der Waals surface area contributed by atoms with E-state index in [1.807, 2.05) is 0 Å². The number of carbonyl (C=O) groups is 2. The Morgan fingerprint density at radius 1 is 1.13 bits per heavy atom. The molecule has 1 amide bonds. The highest BCUT2D eigenvalue weighted by molar-refractivity contribution is 6.16. The lowest BCUT2D eigenvalue weighted by atomic mass is 10.0. The fraction of sp³-hybridized carbons (Fsp3) is 0.125. The number of para-hydroxylation sites is 1. The monoisotopic (exact) mass is 314 g/mol. The summed E-state index contributed by atoms with van der Waals surface area (Å²) in [7, 11) is 1.23. The molecule has 2 rings (SSSR count). The molecule has 0 fully saturated rings. The van der Waals surface area contributed by atoms with Gasteiger partial charge in [0.2, 0.25) is 5.78 Å². The predicted molar refractivity (Wildman–Crippen MR) is 83.3 cm³/mol. The SMILES string of the molecule is COC(C(=O)Nc1ccccc1)C(=O)c1cccc([N+](=O)[O-])c1. The third-order valence-corrected chi connectivity index (χ3v) is 3.09. The highest BCUT2D eigenvalue weighted by atomic mass is 16.6. The molecule has 0 aliphatic rings. The van der Waals surface area contributed by atoms with Gasteiger partial charge in [0.15, 0.2) is 6.10 Å². The maximum atomic E-state index is 12.4. The number of nitro benzene ring substituents is 1. The zero-order chi connectivity index (χ0) is 16.8. The first-order valence-electron chi connectivity index (χ1n) is 6.70. The van der Waals surface area contributed by atoms with Crippen molar-refractivity contribution >= 4 is 23.1 Å². The Bertz CT molecular complexity index is 730. The van der Waals surface area contributed by atoms with Gasteiger partial charge in [-0.05, 0) is 12.1 Å². The molecule has 7 nitrogen and oxygen atoms in total. The van der Waals surface area contributed by atoms with E-state index in [1.54, 1.807) is 30.3 Å². The van der Waals surface area contributed by atoms with Crippen molar-refractivity contribution in [2.75, 3.05) is 12.4 Å². The molecule has 0 aliphatic carbocycles. The fourth-order valence-electron chi connectivity index (χ4n) is 1.99. The maximum absolute atomic E-state index is 12.4. The van der Waals surface area contributed by atoms with Gasteiger partial charge in [0.05, 0.1) is 4.92 Å². The number of hydrogen-bond donors (Lipinski definition) is 1. The molecule has 1 N–H and O–H groups in total. The molecular weight excluding hydrogens is 300 g/mol. The van der Waals surface area contributed by atoms with Crippen molar-refractivity contribution in [2.45, 2.75) is 6.10 Å². The Hall–Kier alpha value is -3.06. The number of methoxy groups -OCH3 is 1. The van der Waals surface area contributed by atoms with E-state index in [0.29, 0.717) is 5.69 Å². The van der Waals surface area contributed by atoms with Gasteiger partial charge in [0.1, 0.15) is 0 Å². The highest BCUT2D eigenvalue weighted by Crippen LogP contribution is 2.16. The molecule has 2 aromatic rings. The number of anilines is 1. The molecule has 0 radical (unpaired) electrons. The maximum Gasteiger partial charge on any atom is 0.270 e. The number of nitrogens with zero attached hydrogens (tertiary/aromatic N) is 1. The molecule has 0 aliphatic heterocycles. The predicted octanol–water partition coefficient (Wildman–Crippen LogP) is 2.43. The lowest BCUT2D eigenvalue weighted by molar-refractivity contribution is -0.384. The summed E-state index contributed by atoms with van der Waals surface area (Å²) in [5.74, 6) is -1.29. The standard InChI is InChI=1S/C16H14N2O5/c1-23-15(16(20)17-12-7-3-2-4-8-12)14(19)11-6-5-9-13(10-11)18(21)22/h2-10,15H,1H3,(H,17,20). The number of ether oxygens (including phenoxy) is 1. The van der Waals surface area contributed by atoms with Crippen LogP contribution in [-0.2, 0) is 9.53 Å². The molecule has 0 spiro atoms. The third kappa shape index (κ3) is 3.98. The van der Waals surface area contributed by atoms with E-state index < -0.39 is 22.7 Å². The van der Waals surface area contributed by atoms with Gasteiger partial charge in [0, 0.05) is 30.5 Å². The quantitative estimate of drug-likeness (QED) is 0.382. The number of benzene rings is 2. The number of rotatable bonds is 6. The van der Waals surface area contributed by atoms with Gasteiger partial charge in [-0.3, -0.25) is 19.7 Å². The summed E-state index contributed by atoms with van der Waals surface area (Å²) in [5, 5.41) is 13.3. The lowest BCUT2D eigenvalue weighted by Crippen LogP contribution is -2.36. The molecule has 1 unspecified atom stereocenters. The van der Waals surface area contributed by atoms with Gasteiger partial charge in [0.25, 0.3) is 11.6 Å². The topological polar surface area (TPSA) is 98.5 Å². The first-order valence-corrected chi connectivity index (χ1v) is 6.70. The minimum Gasteiger partial charge on any atom is -0.364 e. The van der Waals surface area contributed by atoms with E-state index in [0.717, 1.165) is 6.07 Å². The zero-order valence-corrected chi connectivity index (χ0v) is 12.3. The van der Waals surface area contributed by atoms with Crippen molar-refractivity contribution in [1.82, 2.24) is 0 Å². The van der Waals surface area contributed by atoms with E-state index in [2.05, 4.69) is 5.32 Å². The van der Waals surface area contributed by atoms with E-state index >= 15 is 0 Å². The van der Waals surface area contributed by atoms with Crippen molar-refractivity contribution in [3.63, 3.8) is 0 Å². The van der Waals surface area contributed by atoms with Crippen LogP contribution in [-0.4, -0.2) is 29.8 Å². The van der Waals surface area contributed by atoms with Gasteiger partial charge >= 0.3 is 0 Å². The zero-order valence-electron chi connectivity index (χ0n) is 12.3. The van der Waals surface area contributed by atoms with Crippen molar-refractivity contribution in [3.8, 4) is 0 Å². The Balaban J connectivity index is 2.19. The van der Waals surface area contributed by atoms with Crippen LogP contribution in [0.25, 0.3) is 0 Å². The van der Waals surface area contributed by atoms with Crippen LogP contribution in [0.15, 0.2) is 54.6 Å². The Labute approximate surface area is 132 Å². The largest absolute Gasteiger partial charge is 0.364 e. The van der Waals surface area contributed by atoms with Gasteiger partial charge in [-0.2, -0.15) is 0 Å². The number of nitro groups is 1. The number of nitrogens with one attached hydrogen (secondary N) is 1. The Morgan fingerprint density at radius 3 is 2.43 bits per heavy atom. The summed E-state index contributed by atoms with van der Waals surface area (Å²) >= 11 is 0. The summed E-state index contributed by atoms with van der Waals surface area (Å²) in [4.78, 5) is 34.7. The average molecular weight is 314 g/mol. The second-order valence-electron chi connectivity index (χ2n) is 4.64. The van der Waals surface area contributed by atoms with Crippen LogP contribution in [0.3, 0.4) is 0 Å². The van der Waals surface area contributed by atoms with Crippen LogP contribution in [0, 0.1) is 10.1 Å². The van der Waals surface area contributed by atoms with E-state index in [4.69, 9.17) is 4.74 Å². The third-order valence-electron chi connectivity index (χ3n) is 3.09. The van der Waals surface area contributed by atoms with Gasteiger partial charge in [-0.1, -0.05) is 30.3 Å². The number of non-ortho nitro benzene ring substituents is 1. The number of ketones is 1. The molecule has 0 bridgehead atoms. The summed E-state index contributed by atoms with van der Waals surface area (Å²) in [5.41, 5.74) is 0.329. The first-order chi connectivity index (χ1) is 11.0. The van der Waals surface area contributed by atoms with Crippen molar-refractivity contribution < 1.29 is 19.2 Å². The number of amides is 1. The summed E-state index contributed by atoms with van der Waals surface area (Å²) in [6, 6.07) is 13.8. The number of hydrogen-bond acceptors (Lipinski definition) is 5. The summed E-state index contributed by atoms with van der Waals surface area (Å²) < 4.78 is 4.97. The molecule has 118 valence electrons. The highest BCUT2D eigenvalue weighted by Gasteiger charge is 2.28. The first kappa shape index (κ1) is 16.3. The second-order valence-corrected chi connectivity index (χ2v) is 4.64. The van der Waals surface area contributed by atoms with E-state index in [-0.39, 0.29) is 11.3 Å². The lowest BCUT2D eigenvalue weighted by Gasteiger charge is -2.14. The average Bonchev–Trinajstić information content (AvgIpc) is 2.56. The minimum absolute atomic E-state index is 0.0364. The Morgan fingerprint density at radius 2 is 1.83 bits per heavy atom. The van der Waals surface area contributed by atoms with Crippen LogP contribution in [0.2, 0.25) is 0 Å². The van der Waals surface area contributed by atoms with Crippen LogP contribution < -0.4 is 5.32 Å². The van der Waals surface area contributed by atoms with Gasteiger partial charge in [-0.15, -0.1) is 0 Å². The van der Waals surface area contributed by atoms with Crippen molar-refractivity contribution in [3.05, 3.63) is 70.3 Å². The Kier molecular flexibility index (Phi) is 5.16. The van der Waals surface area contributed by atoms with Crippen LogP contribution in [0.1, 0.15) is 10.4 Å². The fourth-order valence-corrected chi connectivity index (χ4v) is 1.99. The van der Waals surface area contributed by atoms with Crippen LogP contribution in [0.4, 0.5) is 11.4 Å². The van der Waals surface area contributed by atoms with Crippen molar-refractivity contribution in [2.24, 2.45) is 0 Å². The van der Waals surface area contributed by atoms with Crippen LogP contribution >= 0.6 is 0 Å². The molecule has 7 heteroatoms. The van der Waals surface area contributed by atoms with Crippen molar-refractivity contribution in [1.29, 1.82) is 0 Å². The number of Topliss-reactive ketones (excluding diaryl/α,β-unsaturated/α-hetero) is 1. The molecule has 0 heterocycles. The molecule has 0 aromatic heterocycles. The molecule has 2 aromatic carbocycles. The molecule has 23 heavy (non-hydrogen) atoms. The summed E-state index contributed by atoms with van der Waals surface area (Å²) in [6.07, 6.45) is -1.39. The van der Waals surface area contributed by atoms with E-state index in [1.165, 1.54) is 25.3 Å². The number of carbonyl (C=O) groups excluding carboxylic acids is 2. The minimum atomic E-state index is -1.39. The summed E-state index contributed by atoms with van der Waals surface area (Å²) in [6.45, 7) is 0. The molecule has 0 saturated carbocycles. The van der Waals surface area contributed by atoms with Crippen LogP contribution in [0.5, 0.6) is 0 Å².